The molecular weight excluding hydrogens is 338 g/mol. The molecule has 0 aromatic heterocycles. The van der Waals surface area contributed by atoms with E-state index in [-0.39, 0.29) is 55.1 Å². The molecule has 1 aromatic rings. The van der Waals surface area contributed by atoms with Crippen molar-refractivity contribution in [3.05, 3.63) is 39.9 Å². The third-order valence-corrected chi connectivity index (χ3v) is 2.95. The van der Waals surface area contributed by atoms with Crippen LogP contribution in [0.5, 0.6) is 0 Å². The van der Waals surface area contributed by atoms with E-state index in [9.17, 15) is 19.7 Å². The number of carbonyl (C=O) groups excluding carboxylic acids is 2. The van der Waals surface area contributed by atoms with Gasteiger partial charge in [-0.25, -0.2) is 0 Å². The number of hydrogen-bond acceptors (Lipinski definition) is 6. The van der Waals surface area contributed by atoms with Crippen LogP contribution < -0.4 is 11.1 Å². The Bertz CT molecular complexity index is 580. The van der Waals surface area contributed by atoms with Crippen molar-refractivity contribution in [1.82, 2.24) is 5.32 Å². The van der Waals surface area contributed by atoms with Crippen molar-refractivity contribution < 1.29 is 19.2 Å². The number of para-hydroxylation sites is 1. The van der Waals surface area contributed by atoms with Gasteiger partial charge in [0, 0.05) is 19.0 Å². The van der Waals surface area contributed by atoms with Gasteiger partial charge in [0.05, 0.1) is 29.1 Å². The molecule has 1 amide bonds. The number of halogens is 1. The van der Waals surface area contributed by atoms with E-state index < -0.39 is 16.9 Å². The molecule has 0 aliphatic heterocycles. The maximum absolute atomic E-state index is 11.9. The molecule has 0 saturated carbocycles. The number of hydrogen-bond donors (Lipinski definition) is 2. The Balaban J connectivity index is 0.00000529. The highest BCUT2D eigenvalue weighted by atomic mass is 35.5. The van der Waals surface area contributed by atoms with E-state index in [0.717, 1.165) is 0 Å². The van der Waals surface area contributed by atoms with E-state index >= 15 is 0 Å². The van der Waals surface area contributed by atoms with Gasteiger partial charge in [0.15, 0.2) is 0 Å². The summed E-state index contributed by atoms with van der Waals surface area (Å²) in [5, 5.41) is 13.8. The molecule has 0 aliphatic rings. The number of amides is 1. The maximum Gasteiger partial charge on any atom is 0.308 e. The van der Waals surface area contributed by atoms with Crippen molar-refractivity contribution in [3.63, 3.8) is 0 Å². The summed E-state index contributed by atoms with van der Waals surface area (Å²) in [5.41, 5.74) is 5.42. The Morgan fingerprint density at radius 2 is 1.96 bits per heavy atom. The minimum absolute atomic E-state index is 0. The molecule has 3 N–H and O–H groups in total. The predicted octanol–water partition coefficient (Wildman–Crippen LogP) is 1.86. The molecule has 8 nitrogen and oxygen atoms in total. The van der Waals surface area contributed by atoms with Gasteiger partial charge in [-0.15, -0.1) is 12.4 Å². The van der Waals surface area contributed by atoms with Gasteiger partial charge >= 0.3 is 5.97 Å². The van der Waals surface area contributed by atoms with Gasteiger partial charge < -0.3 is 15.8 Å². The van der Waals surface area contributed by atoms with Crippen molar-refractivity contribution in [2.75, 3.05) is 6.54 Å². The van der Waals surface area contributed by atoms with Crippen molar-refractivity contribution >= 4 is 30.0 Å². The topological polar surface area (TPSA) is 125 Å². The van der Waals surface area contributed by atoms with Gasteiger partial charge in [0.25, 0.3) is 5.69 Å². The van der Waals surface area contributed by atoms with Crippen LogP contribution in [0.1, 0.15) is 38.3 Å². The average Bonchev–Trinajstić information content (AvgIpc) is 2.45. The molecule has 0 heterocycles. The molecular formula is C15H22ClN3O5. The molecule has 0 radical (unpaired) electrons. The van der Waals surface area contributed by atoms with E-state index in [0.29, 0.717) is 0 Å². The number of nitrogens with one attached hydrogen (secondary N) is 1. The van der Waals surface area contributed by atoms with Crippen molar-refractivity contribution in [2.24, 2.45) is 5.73 Å². The lowest BCUT2D eigenvalue weighted by molar-refractivity contribution is -0.385. The number of esters is 1. The fourth-order valence-electron chi connectivity index (χ4n) is 2.06. The molecule has 134 valence electrons. The van der Waals surface area contributed by atoms with Crippen molar-refractivity contribution in [1.29, 1.82) is 0 Å². The van der Waals surface area contributed by atoms with Crippen LogP contribution >= 0.6 is 12.4 Å². The molecule has 0 bridgehead atoms. The predicted molar refractivity (Wildman–Crippen MR) is 90.7 cm³/mol. The van der Waals surface area contributed by atoms with Crippen LogP contribution in [0.2, 0.25) is 0 Å². The van der Waals surface area contributed by atoms with Crippen molar-refractivity contribution in [3.8, 4) is 0 Å². The summed E-state index contributed by atoms with van der Waals surface area (Å²) in [7, 11) is 0. The van der Waals surface area contributed by atoms with E-state index in [1.807, 2.05) is 0 Å². The third kappa shape index (κ3) is 6.93. The van der Waals surface area contributed by atoms with Crippen LogP contribution in [0.3, 0.4) is 0 Å². The molecule has 9 heteroatoms. The SMILES string of the molecule is CC(C)OC(=O)CC(NC(=O)CCN)c1ccccc1[N+](=O)[O-].Cl. The molecule has 24 heavy (non-hydrogen) atoms. The first kappa shape index (κ1) is 21.8. The second-order valence-corrected chi connectivity index (χ2v) is 5.22. The standard InChI is InChI=1S/C15H21N3O5.ClH/c1-10(2)23-15(20)9-12(17-14(19)7-8-16)11-5-3-4-6-13(11)18(21)22;/h3-6,10,12H,7-9,16H2,1-2H3,(H,17,19);1H. The Morgan fingerprint density at radius 1 is 1.33 bits per heavy atom. The van der Waals surface area contributed by atoms with E-state index in [1.54, 1.807) is 19.9 Å². The summed E-state index contributed by atoms with van der Waals surface area (Å²) in [6.45, 7) is 3.54. The largest absolute Gasteiger partial charge is 0.463 e. The normalized spacial score (nSPS) is 11.3. The number of nitro groups is 1. The maximum atomic E-state index is 11.9. The van der Waals surface area contributed by atoms with Crippen LogP contribution in [0.4, 0.5) is 5.69 Å². The van der Waals surface area contributed by atoms with Gasteiger partial charge in [-0.2, -0.15) is 0 Å². The first-order valence-electron chi connectivity index (χ1n) is 7.27. The zero-order chi connectivity index (χ0) is 17.4. The second-order valence-electron chi connectivity index (χ2n) is 5.22. The van der Waals surface area contributed by atoms with E-state index in [4.69, 9.17) is 10.5 Å². The first-order valence-corrected chi connectivity index (χ1v) is 7.27. The first-order chi connectivity index (χ1) is 10.8. The van der Waals surface area contributed by atoms with Gasteiger partial charge in [0.1, 0.15) is 0 Å². The molecule has 1 aromatic carbocycles. The molecule has 0 saturated heterocycles. The highest BCUT2D eigenvalue weighted by molar-refractivity contribution is 5.85. The van der Waals surface area contributed by atoms with Gasteiger partial charge in [-0.1, -0.05) is 18.2 Å². The van der Waals surface area contributed by atoms with E-state index in [2.05, 4.69) is 5.32 Å². The lowest BCUT2D eigenvalue weighted by Crippen LogP contribution is -2.32. The van der Waals surface area contributed by atoms with Crippen molar-refractivity contribution in [2.45, 2.75) is 38.8 Å². The number of rotatable bonds is 8. The summed E-state index contributed by atoms with van der Waals surface area (Å²) < 4.78 is 5.06. The Kier molecular flexibility index (Phi) is 9.60. The average molecular weight is 360 g/mol. The number of benzene rings is 1. The number of nitro benzene ring substituents is 1. The number of nitrogens with two attached hydrogens (primary N) is 1. The molecule has 1 atom stereocenters. The Hall–Kier alpha value is -2.19. The minimum atomic E-state index is -0.845. The minimum Gasteiger partial charge on any atom is -0.463 e. The molecule has 0 aliphatic carbocycles. The van der Waals surface area contributed by atoms with Gasteiger partial charge in [-0.05, 0) is 13.8 Å². The van der Waals surface area contributed by atoms with Crippen LogP contribution in [-0.4, -0.2) is 29.4 Å². The number of nitrogens with zero attached hydrogens (tertiary/aromatic N) is 1. The van der Waals surface area contributed by atoms with Crippen LogP contribution in [0, 0.1) is 10.1 Å². The second kappa shape index (κ2) is 10.6. The molecule has 1 unspecified atom stereocenters. The van der Waals surface area contributed by atoms with E-state index in [1.165, 1.54) is 18.2 Å². The number of carbonyl (C=O) groups is 2. The summed E-state index contributed by atoms with van der Waals surface area (Å²) >= 11 is 0. The zero-order valence-corrected chi connectivity index (χ0v) is 14.4. The fraction of sp³-hybridized carbons (Fsp3) is 0.467. The monoisotopic (exact) mass is 359 g/mol. The Morgan fingerprint density at radius 3 is 2.50 bits per heavy atom. The summed E-state index contributed by atoms with van der Waals surface area (Å²) in [5.74, 6) is -0.927. The summed E-state index contributed by atoms with van der Waals surface area (Å²) in [6.07, 6.45) is -0.441. The number of ether oxygens (including phenoxy) is 1. The highest BCUT2D eigenvalue weighted by Crippen LogP contribution is 2.27. The Labute approximate surface area is 146 Å². The van der Waals surface area contributed by atoms with Gasteiger partial charge in [0.2, 0.25) is 5.91 Å². The van der Waals surface area contributed by atoms with Crippen LogP contribution in [0.25, 0.3) is 0 Å². The highest BCUT2D eigenvalue weighted by Gasteiger charge is 2.26. The van der Waals surface area contributed by atoms with Crippen LogP contribution in [-0.2, 0) is 14.3 Å². The quantitative estimate of drug-likeness (QED) is 0.414. The smallest absolute Gasteiger partial charge is 0.308 e. The van der Waals surface area contributed by atoms with Gasteiger partial charge in [-0.3, -0.25) is 19.7 Å². The summed E-state index contributed by atoms with van der Waals surface area (Å²) in [4.78, 5) is 34.3. The lowest BCUT2D eigenvalue weighted by atomic mass is 10.0. The lowest BCUT2D eigenvalue weighted by Gasteiger charge is -2.19. The molecule has 0 spiro atoms. The van der Waals surface area contributed by atoms with Crippen LogP contribution in [0.15, 0.2) is 24.3 Å². The zero-order valence-electron chi connectivity index (χ0n) is 13.6. The molecule has 0 fully saturated rings. The fourth-order valence-corrected chi connectivity index (χ4v) is 2.06. The summed E-state index contributed by atoms with van der Waals surface area (Å²) in [6, 6.07) is 5.12. The third-order valence-electron chi connectivity index (χ3n) is 2.95. The molecule has 1 rings (SSSR count).